The van der Waals surface area contributed by atoms with Gasteiger partial charge < -0.3 is 0 Å². The van der Waals surface area contributed by atoms with Gasteiger partial charge in [0.25, 0.3) is 0 Å². The lowest BCUT2D eigenvalue weighted by Crippen LogP contribution is -2.56. The van der Waals surface area contributed by atoms with E-state index >= 15 is 0 Å². The van der Waals surface area contributed by atoms with Gasteiger partial charge in [0, 0.05) is 0 Å². The number of nitrogens with zero attached hydrogens (tertiary/aromatic N) is 1. The monoisotopic (exact) mass is 575 g/mol. The summed E-state index contributed by atoms with van der Waals surface area (Å²) in [6, 6.07) is 19.6. The van der Waals surface area contributed by atoms with E-state index in [1.165, 1.54) is 12.1 Å². The molecule has 0 saturated carbocycles. The van der Waals surface area contributed by atoms with E-state index in [9.17, 15) is 22.8 Å². The van der Waals surface area contributed by atoms with Crippen molar-refractivity contribution in [2.24, 2.45) is 11.8 Å². The number of hydrogen-bond donors (Lipinski definition) is 0. The number of amides is 2. The van der Waals surface area contributed by atoms with Crippen LogP contribution >= 0.6 is 31.9 Å². The van der Waals surface area contributed by atoms with Gasteiger partial charge in [0.15, 0.2) is 0 Å². The number of benzene rings is 3. The fraction of sp³-hybridized carbons (Fsp3) is 0.200. The molecule has 2 unspecified atom stereocenters. The molecular weight excluding hydrogens is 563 g/mol. The smallest absolute Gasteiger partial charge is 0.274 e. The molecule has 0 N–H and O–H groups in total. The zero-order valence-corrected chi connectivity index (χ0v) is 19.9. The van der Waals surface area contributed by atoms with E-state index in [4.69, 9.17) is 0 Å². The first-order valence-electron chi connectivity index (χ1n) is 10.2. The molecule has 7 rings (SSSR count). The standard InChI is InChI=1S/C25H14Br2F3NO2/c26-23-15-8-1-2-9-16(15)24(27,18-11-4-3-10-17(18)23)20-19(23)21(32)31(22(20)33)14-7-5-6-13(12-14)25(28,29)30/h1-12,19-20H. The predicted octanol–water partition coefficient (Wildman–Crippen LogP) is 6.12. The number of rotatable bonds is 1. The summed E-state index contributed by atoms with van der Waals surface area (Å²) in [6.07, 6.45) is -4.59. The van der Waals surface area contributed by atoms with Gasteiger partial charge in [-0.05, 0) is 40.5 Å². The summed E-state index contributed by atoms with van der Waals surface area (Å²) in [4.78, 5) is 28.6. The maximum absolute atomic E-state index is 13.8. The minimum Gasteiger partial charge on any atom is -0.274 e. The number of alkyl halides is 5. The minimum absolute atomic E-state index is 0.0751. The first kappa shape index (κ1) is 21.1. The largest absolute Gasteiger partial charge is 0.416 e. The van der Waals surface area contributed by atoms with Crippen molar-refractivity contribution < 1.29 is 22.8 Å². The summed E-state index contributed by atoms with van der Waals surface area (Å²) in [5.41, 5.74) is 2.49. The fourth-order valence-electron chi connectivity index (χ4n) is 5.74. The second kappa shape index (κ2) is 6.57. The number of hydrogen-bond acceptors (Lipinski definition) is 2. The van der Waals surface area contributed by atoms with Gasteiger partial charge in [-0.3, -0.25) is 9.59 Å². The van der Waals surface area contributed by atoms with Crippen LogP contribution in [0, 0.1) is 11.8 Å². The summed E-state index contributed by atoms with van der Waals surface area (Å²) in [5, 5.41) is 0. The van der Waals surface area contributed by atoms with E-state index in [1.807, 2.05) is 48.5 Å². The van der Waals surface area contributed by atoms with Gasteiger partial charge in [-0.2, -0.15) is 13.2 Å². The third-order valence-electron chi connectivity index (χ3n) is 7.02. The Kier molecular flexibility index (Phi) is 4.20. The normalized spacial score (nSPS) is 29.7. The van der Waals surface area contributed by atoms with Crippen LogP contribution < -0.4 is 4.90 Å². The van der Waals surface area contributed by atoms with Crippen molar-refractivity contribution in [2.45, 2.75) is 14.8 Å². The second-order valence-corrected chi connectivity index (χ2v) is 11.0. The minimum atomic E-state index is -4.59. The maximum Gasteiger partial charge on any atom is 0.416 e. The van der Waals surface area contributed by atoms with Crippen molar-refractivity contribution in [3.05, 3.63) is 101 Å². The van der Waals surface area contributed by atoms with Crippen molar-refractivity contribution in [3.8, 4) is 0 Å². The van der Waals surface area contributed by atoms with Gasteiger partial charge in [-0.1, -0.05) is 86.5 Å². The molecule has 2 bridgehead atoms. The van der Waals surface area contributed by atoms with E-state index in [-0.39, 0.29) is 5.69 Å². The molecule has 4 aliphatic rings. The molecule has 1 heterocycles. The van der Waals surface area contributed by atoms with Crippen molar-refractivity contribution in [2.75, 3.05) is 4.90 Å². The average Bonchev–Trinajstić information content (AvgIpc) is 3.08. The quantitative estimate of drug-likeness (QED) is 0.259. The SMILES string of the molecule is O=C1C2C(C(=O)N1c1cccc(C(F)(F)F)c1)C1(Br)c3ccccc3C2(Br)c2ccccc21. The molecule has 8 heteroatoms. The van der Waals surface area contributed by atoms with Crippen molar-refractivity contribution in [1.82, 2.24) is 0 Å². The molecule has 166 valence electrons. The Balaban J connectivity index is 1.60. The molecule has 0 spiro atoms. The first-order valence-corrected chi connectivity index (χ1v) is 11.8. The highest BCUT2D eigenvalue weighted by atomic mass is 79.9. The Morgan fingerprint density at radius 1 is 0.697 bits per heavy atom. The van der Waals surface area contributed by atoms with Crippen LogP contribution in [0.4, 0.5) is 18.9 Å². The van der Waals surface area contributed by atoms with E-state index in [2.05, 4.69) is 31.9 Å². The van der Waals surface area contributed by atoms with Gasteiger partial charge in [0.1, 0.15) is 0 Å². The molecule has 3 aromatic carbocycles. The molecule has 3 aliphatic carbocycles. The lowest BCUT2D eigenvalue weighted by Gasteiger charge is -2.55. The molecular formula is C25H14Br2F3NO2. The van der Waals surface area contributed by atoms with Crippen LogP contribution in [0.5, 0.6) is 0 Å². The molecule has 1 fully saturated rings. The van der Waals surface area contributed by atoms with E-state index in [0.717, 1.165) is 39.3 Å². The van der Waals surface area contributed by atoms with Gasteiger partial charge in [0.2, 0.25) is 11.8 Å². The van der Waals surface area contributed by atoms with Gasteiger partial charge in [0.05, 0.1) is 31.7 Å². The van der Waals surface area contributed by atoms with E-state index in [0.29, 0.717) is 0 Å². The third kappa shape index (κ3) is 2.46. The van der Waals surface area contributed by atoms with Crippen LogP contribution in [0.15, 0.2) is 72.8 Å². The number of halogens is 5. The van der Waals surface area contributed by atoms with Gasteiger partial charge >= 0.3 is 6.18 Å². The number of imide groups is 1. The van der Waals surface area contributed by atoms with Crippen LogP contribution in [0.25, 0.3) is 0 Å². The third-order valence-corrected chi connectivity index (χ3v) is 9.71. The predicted molar refractivity (Wildman–Crippen MR) is 123 cm³/mol. The Morgan fingerprint density at radius 2 is 1.12 bits per heavy atom. The number of anilines is 1. The molecule has 2 amide bonds. The van der Waals surface area contributed by atoms with Crippen LogP contribution in [0.1, 0.15) is 27.8 Å². The summed E-state index contributed by atoms with van der Waals surface area (Å²) in [6.45, 7) is 0. The topological polar surface area (TPSA) is 37.4 Å². The molecule has 1 saturated heterocycles. The number of carbonyl (C=O) groups excluding carboxylic acids is 2. The van der Waals surface area contributed by atoms with Crippen LogP contribution in [-0.2, 0) is 24.4 Å². The zero-order valence-electron chi connectivity index (χ0n) is 16.7. The molecule has 0 aromatic heterocycles. The van der Waals surface area contributed by atoms with E-state index < -0.39 is 44.0 Å². The highest BCUT2D eigenvalue weighted by Crippen LogP contribution is 2.70. The van der Waals surface area contributed by atoms with Crippen LogP contribution in [0.3, 0.4) is 0 Å². The average molecular weight is 577 g/mol. The maximum atomic E-state index is 13.8. The highest BCUT2D eigenvalue weighted by molar-refractivity contribution is 9.10. The zero-order chi connectivity index (χ0) is 23.3. The first-order chi connectivity index (χ1) is 15.6. The Bertz CT molecular complexity index is 1250. The fourth-order valence-corrected chi connectivity index (χ4v) is 8.05. The molecule has 33 heavy (non-hydrogen) atoms. The van der Waals surface area contributed by atoms with Crippen molar-refractivity contribution in [3.63, 3.8) is 0 Å². The highest BCUT2D eigenvalue weighted by Gasteiger charge is 2.72. The van der Waals surface area contributed by atoms with Gasteiger partial charge in [-0.15, -0.1) is 0 Å². The molecule has 1 aliphatic heterocycles. The van der Waals surface area contributed by atoms with Crippen LogP contribution in [-0.4, -0.2) is 11.8 Å². The Hall–Kier alpha value is -2.45. The number of carbonyl (C=O) groups is 2. The lowest BCUT2D eigenvalue weighted by atomic mass is 9.54. The molecule has 3 nitrogen and oxygen atoms in total. The van der Waals surface area contributed by atoms with Crippen molar-refractivity contribution >= 4 is 49.4 Å². The molecule has 3 aromatic rings. The summed E-state index contributed by atoms with van der Waals surface area (Å²) < 4.78 is 38.1. The molecule has 0 radical (unpaired) electrons. The van der Waals surface area contributed by atoms with Crippen LogP contribution in [0.2, 0.25) is 0 Å². The second-order valence-electron chi connectivity index (χ2n) is 8.53. The lowest BCUT2D eigenvalue weighted by molar-refractivity contribution is -0.137. The summed E-state index contributed by atoms with van der Waals surface area (Å²) >= 11 is 7.75. The van der Waals surface area contributed by atoms with E-state index in [1.54, 1.807) is 0 Å². The Morgan fingerprint density at radius 3 is 1.52 bits per heavy atom. The van der Waals surface area contributed by atoms with Gasteiger partial charge in [-0.25, -0.2) is 4.90 Å². The van der Waals surface area contributed by atoms with Crippen molar-refractivity contribution in [1.29, 1.82) is 0 Å². The summed E-state index contributed by atoms with van der Waals surface area (Å²) in [7, 11) is 0. The summed E-state index contributed by atoms with van der Waals surface area (Å²) in [5.74, 6) is -2.70. The molecule has 2 atom stereocenters. The Labute approximate surface area is 203 Å².